The molecule has 0 saturated carbocycles. The van der Waals surface area contributed by atoms with Crippen LogP contribution in [-0.4, -0.2) is 14.3 Å². The molecule has 0 atom stereocenters. The minimum Gasteiger partial charge on any atom is -0.322 e. The van der Waals surface area contributed by atoms with Gasteiger partial charge in [-0.2, -0.15) is 0 Å². The van der Waals surface area contributed by atoms with E-state index >= 15 is 0 Å². The van der Waals surface area contributed by atoms with Crippen molar-refractivity contribution in [2.24, 2.45) is 0 Å². The molecule has 5 nitrogen and oxygen atoms in total. The largest absolute Gasteiger partial charge is 0.322 e. The van der Waals surface area contributed by atoms with E-state index in [-0.39, 0.29) is 15.5 Å². The summed E-state index contributed by atoms with van der Waals surface area (Å²) in [6, 6.07) is 14.5. The van der Waals surface area contributed by atoms with Crippen LogP contribution in [0.25, 0.3) is 0 Å². The van der Waals surface area contributed by atoms with E-state index in [1.807, 2.05) is 19.9 Å². The van der Waals surface area contributed by atoms with Crippen LogP contribution in [0, 0.1) is 19.7 Å². The van der Waals surface area contributed by atoms with E-state index in [0.717, 1.165) is 11.1 Å². The number of amides is 1. The summed E-state index contributed by atoms with van der Waals surface area (Å²) in [4.78, 5) is 12.3. The van der Waals surface area contributed by atoms with Crippen molar-refractivity contribution in [3.05, 3.63) is 88.2 Å². The monoisotopic (exact) mass is 432 g/mol. The van der Waals surface area contributed by atoms with Crippen molar-refractivity contribution < 1.29 is 17.6 Å². The summed E-state index contributed by atoms with van der Waals surface area (Å²) in [5, 5.41) is 2.57. The van der Waals surface area contributed by atoms with Gasteiger partial charge in [-0.1, -0.05) is 17.7 Å². The van der Waals surface area contributed by atoms with Crippen molar-refractivity contribution >= 4 is 38.9 Å². The molecule has 0 aliphatic carbocycles. The molecule has 0 aliphatic rings. The SMILES string of the molecule is Cc1cc(C)cc(NS(=O)(=O)c2cc(C(=O)Nc3ccc(F)cc3)ccc2Cl)c1. The second-order valence-electron chi connectivity index (χ2n) is 6.59. The molecule has 29 heavy (non-hydrogen) atoms. The fourth-order valence-electron chi connectivity index (χ4n) is 2.83. The molecule has 0 unspecified atom stereocenters. The number of benzene rings is 3. The molecule has 3 rings (SSSR count). The van der Waals surface area contributed by atoms with Crippen molar-refractivity contribution in [3.8, 4) is 0 Å². The van der Waals surface area contributed by atoms with Gasteiger partial charge in [0.25, 0.3) is 15.9 Å². The van der Waals surface area contributed by atoms with Gasteiger partial charge in [0.05, 0.1) is 5.02 Å². The molecule has 1 amide bonds. The number of halogens is 2. The molecule has 0 bridgehead atoms. The molecule has 2 N–H and O–H groups in total. The number of carbonyl (C=O) groups excluding carboxylic acids is 1. The molecular formula is C21H18ClFN2O3S. The van der Waals surface area contributed by atoms with Crippen LogP contribution in [0.1, 0.15) is 21.5 Å². The maximum absolute atomic E-state index is 13.0. The third-order valence-corrected chi connectivity index (χ3v) is 5.92. The Morgan fingerprint density at radius 2 is 1.52 bits per heavy atom. The highest BCUT2D eigenvalue weighted by atomic mass is 35.5. The Kier molecular flexibility index (Phi) is 5.91. The highest BCUT2D eigenvalue weighted by Crippen LogP contribution is 2.26. The van der Waals surface area contributed by atoms with Crippen LogP contribution in [0.4, 0.5) is 15.8 Å². The van der Waals surface area contributed by atoms with E-state index in [1.165, 1.54) is 42.5 Å². The Morgan fingerprint density at radius 1 is 0.897 bits per heavy atom. The molecule has 8 heteroatoms. The lowest BCUT2D eigenvalue weighted by molar-refractivity contribution is 0.102. The summed E-state index contributed by atoms with van der Waals surface area (Å²) in [5.41, 5.74) is 2.69. The van der Waals surface area contributed by atoms with Crippen LogP contribution in [0.5, 0.6) is 0 Å². The highest BCUT2D eigenvalue weighted by molar-refractivity contribution is 7.92. The van der Waals surface area contributed by atoms with Gasteiger partial charge < -0.3 is 5.32 Å². The molecule has 0 spiro atoms. The lowest BCUT2D eigenvalue weighted by Crippen LogP contribution is -2.16. The normalized spacial score (nSPS) is 11.2. The fraction of sp³-hybridized carbons (Fsp3) is 0.0952. The Hall–Kier alpha value is -2.90. The molecule has 0 aromatic heterocycles. The zero-order valence-corrected chi connectivity index (χ0v) is 17.2. The van der Waals surface area contributed by atoms with Gasteiger partial charge in [0.2, 0.25) is 0 Å². The Morgan fingerprint density at radius 3 is 2.14 bits per heavy atom. The van der Waals surface area contributed by atoms with Gasteiger partial charge in [-0.05, 0) is 79.6 Å². The minimum atomic E-state index is -4.02. The zero-order chi connectivity index (χ0) is 21.2. The van der Waals surface area contributed by atoms with E-state index in [4.69, 9.17) is 11.6 Å². The van der Waals surface area contributed by atoms with Gasteiger partial charge in [-0.15, -0.1) is 0 Å². The Bertz CT molecular complexity index is 1160. The first kappa shape index (κ1) is 20.8. The average Bonchev–Trinajstić information content (AvgIpc) is 2.62. The first-order valence-electron chi connectivity index (χ1n) is 8.62. The smallest absolute Gasteiger partial charge is 0.263 e. The predicted octanol–water partition coefficient (Wildman–Crippen LogP) is 5.15. The quantitative estimate of drug-likeness (QED) is 0.585. The summed E-state index contributed by atoms with van der Waals surface area (Å²) in [5.74, 6) is -0.976. The summed E-state index contributed by atoms with van der Waals surface area (Å²) >= 11 is 6.10. The van der Waals surface area contributed by atoms with Crippen molar-refractivity contribution in [2.45, 2.75) is 18.7 Å². The standard InChI is InChI=1S/C21H18ClFN2O3S/c1-13-9-14(2)11-18(10-13)25-29(27,28)20-12-15(3-8-19(20)22)21(26)24-17-6-4-16(23)5-7-17/h3-12,25H,1-2H3,(H,24,26). The maximum Gasteiger partial charge on any atom is 0.263 e. The van der Waals surface area contributed by atoms with Crippen molar-refractivity contribution in [1.82, 2.24) is 0 Å². The highest BCUT2D eigenvalue weighted by Gasteiger charge is 2.21. The Balaban J connectivity index is 1.89. The number of hydrogen-bond acceptors (Lipinski definition) is 3. The summed E-state index contributed by atoms with van der Waals surface area (Å²) in [6.45, 7) is 3.72. The molecule has 150 valence electrons. The second kappa shape index (κ2) is 8.23. The van der Waals surface area contributed by atoms with E-state index in [9.17, 15) is 17.6 Å². The van der Waals surface area contributed by atoms with Crippen LogP contribution in [-0.2, 0) is 10.0 Å². The summed E-state index contributed by atoms with van der Waals surface area (Å²) in [7, 11) is -4.02. The molecule has 0 radical (unpaired) electrons. The van der Waals surface area contributed by atoms with E-state index < -0.39 is 21.7 Å². The predicted molar refractivity (Wildman–Crippen MR) is 113 cm³/mol. The number of nitrogens with one attached hydrogen (secondary N) is 2. The summed E-state index contributed by atoms with van der Waals surface area (Å²) < 4.78 is 41.2. The Labute approximate surface area is 173 Å². The molecule has 0 fully saturated rings. The number of carbonyl (C=O) groups is 1. The maximum atomic E-state index is 13.0. The van der Waals surface area contributed by atoms with Gasteiger partial charge in [0.15, 0.2) is 0 Å². The average molecular weight is 433 g/mol. The number of anilines is 2. The van der Waals surface area contributed by atoms with Crippen LogP contribution < -0.4 is 10.0 Å². The zero-order valence-electron chi connectivity index (χ0n) is 15.7. The second-order valence-corrected chi connectivity index (χ2v) is 8.65. The van der Waals surface area contributed by atoms with Crippen LogP contribution >= 0.6 is 11.6 Å². The third-order valence-electron chi connectivity index (χ3n) is 4.06. The third kappa shape index (κ3) is 5.13. The minimum absolute atomic E-state index is 0.0137. The molecule has 0 aliphatic heterocycles. The lowest BCUT2D eigenvalue weighted by Gasteiger charge is -2.12. The molecular weight excluding hydrogens is 415 g/mol. The van der Waals surface area contributed by atoms with E-state index in [1.54, 1.807) is 12.1 Å². The van der Waals surface area contributed by atoms with Crippen molar-refractivity contribution in [2.75, 3.05) is 10.0 Å². The van der Waals surface area contributed by atoms with Gasteiger partial charge in [-0.3, -0.25) is 9.52 Å². The number of sulfonamides is 1. The van der Waals surface area contributed by atoms with Crippen LogP contribution in [0.15, 0.2) is 65.6 Å². The van der Waals surface area contributed by atoms with E-state index in [0.29, 0.717) is 11.4 Å². The number of rotatable bonds is 5. The van der Waals surface area contributed by atoms with Crippen LogP contribution in [0.2, 0.25) is 5.02 Å². The molecule has 3 aromatic rings. The topological polar surface area (TPSA) is 75.3 Å². The van der Waals surface area contributed by atoms with Gasteiger partial charge in [0, 0.05) is 16.9 Å². The summed E-state index contributed by atoms with van der Waals surface area (Å²) in [6.07, 6.45) is 0. The fourth-order valence-corrected chi connectivity index (χ4v) is 4.40. The van der Waals surface area contributed by atoms with Crippen LogP contribution in [0.3, 0.4) is 0 Å². The first-order valence-corrected chi connectivity index (χ1v) is 10.5. The number of aryl methyl sites for hydroxylation is 2. The van der Waals surface area contributed by atoms with Gasteiger partial charge in [0.1, 0.15) is 10.7 Å². The van der Waals surface area contributed by atoms with Gasteiger partial charge in [-0.25, -0.2) is 12.8 Å². The van der Waals surface area contributed by atoms with E-state index in [2.05, 4.69) is 10.0 Å². The van der Waals surface area contributed by atoms with Gasteiger partial charge >= 0.3 is 0 Å². The lowest BCUT2D eigenvalue weighted by atomic mass is 10.1. The number of hydrogen-bond donors (Lipinski definition) is 2. The van der Waals surface area contributed by atoms with Crippen molar-refractivity contribution in [1.29, 1.82) is 0 Å². The van der Waals surface area contributed by atoms with Crippen molar-refractivity contribution in [3.63, 3.8) is 0 Å². The first-order chi connectivity index (χ1) is 13.6. The molecule has 0 heterocycles. The molecule has 3 aromatic carbocycles. The molecule has 0 saturated heterocycles.